The average molecular weight is 177 g/mol. The minimum absolute atomic E-state index is 0.139. The van der Waals surface area contributed by atoms with E-state index in [-0.39, 0.29) is 11.3 Å². The highest BCUT2D eigenvalue weighted by molar-refractivity contribution is 6.17. The van der Waals surface area contributed by atoms with Gasteiger partial charge in [0, 0.05) is 5.57 Å². The first-order valence-corrected chi connectivity index (χ1v) is 3.81. The zero-order valence-electron chi connectivity index (χ0n) is 7.37. The molecule has 13 heavy (non-hydrogen) atoms. The van der Waals surface area contributed by atoms with Crippen LogP contribution in [0.3, 0.4) is 0 Å². The molecule has 1 aromatic carbocycles. The summed E-state index contributed by atoms with van der Waals surface area (Å²) in [6.45, 7) is 5.28. The second kappa shape index (κ2) is 3.31. The molecule has 0 aliphatic carbocycles. The molecular formula is C10H11NO2. The molecule has 0 aliphatic heterocycles. The summed E-state index contributed by atoms with van der Waals surface area (Å²) in [5.74, 6) is -0.442. The van der Waals surface area contributed by atoms with Crippen LogP contribution in [0.5, 0.6) is 5.75 Å². The van der Waals surface area contributed by atoms with Gasteiger partial charge in [0.1, 0.15) is 5.75 Å². The smallest absolute Gasteiger partial charge is 0.248 e. The summed E-state index contributed by atoms with van der Waals surface area (Å²) in [6, 6.07) is 4.88. The van der Waals surface area contributed by atoms with Crippen LogP contribution in [0.2, 0.25) is 0 Å². The third kappa shape index (κ3) is 1.87. The molecule has 3 heteroatoms. The summed E-state index contributed by atoms with van der Waals surface area (Å²) in [5, 5.41) is 9.34. The van der Waals surface area contributed by atoms with Gasteiger partial charge in [-0.25, -0.2) is 0 Å². The number of phenols is 1. The van der Waals surface area contributed by atoms with Gasteiger partial charge in [-0.1, -0.05) is 18.7 Å². The normalized spacial score (nSPS) is 9.62. The number of benzene rings is 1. The Balaban J connectivity index is 3.11. The van der Waals surface area contributed by atoms with Crippen LogP contribution in [0.1, 0.15) is 11.1 Å². The van der Waals surface area contributed by atoms with Crippen LogP contribution in [0.15, 0.2) is 24.8 Å². The first kappa shape index (κ1) is 9.32. The van der Waals surface area contributed by atoms with E-state index < -0.39 is 5.91 Å². The lowest BCUT2D eigenvalue weighted by Gasteiger charge is -2.03. The highest BCUT2D eigenvalue weighted by atomic mass is 16.3. The minimum Gasteiger partial charge on any atom is -0.508 e. The summed E-state index contributed by atoms with van der Waals surface area (Å²) in [4.78, 5) is 10.7. The van der Waals surface area contributed by atoms with Gasteiger partial charge in [0.25, 0.3) is 0 Å². The van der Waals surface area contributed by atoms with Gasteiger partial charge >= 0.3 is 0 Å². The van der Waals surface area contributed by atoms with Crippen LogP contribution < -0.4 is 5.73 Å². The molecule has 0 aromatic heterocycles. The van der Waals surface area contributed by atoms with Crippen molar-refractivity contribution in [2.75, 3.05) is 0 Å². The number of carbonyl (C=O) groups is 1. The molecule has 0 saturated heterocycles. The Morgan fingerprint density at radius 2 is 2.15 bits per heavy atom. The number of aryl methyl sites for hydroxylation is 1. The maximum atomic E-state index is 10.7. The highest BCUT2D eigenvalue weighted by Crippen LogP contribution is 2.21. The molecule has 0 unspecified atom stereocenters. The van der Waals surface area contributed by atoms with Gasteiger partial charge in [-0.3, -0.25) is 4.79 Å². The zero-order valence-corrected chi connectivity index (χ0v) is 7.37. The molecule has 0 saturated carbocycles. The van der Waals surface area contributed by atoms with Crippen molar-refractivity contribution in [3.8, 4) is 5.75 Å². The predicted molar refractivity (Wildman–Crippen MR) is 51.1 cm³/mol. The van der Waals surface area contributed by atoms with Crippen LogP contribution in [-0.4, -0.2) is 11.0 Å². The summed E-state index contributed by atoms with van der Waals surface area (Å²) in [7, 11) is 0. The van der Waals surface area contributed by atoms with Crippen LogP contribution in [-0.2, 0) is 4.79 Å². The van der Waals surface area contributed by atoms with Crippen LogP contribution in [0.25, 0.3) is 5.57 Å². The molecule has 0 aliphatic rings. The number of amides is 1. The molecule has 1 rings (SSSR count). The van der Waals surface area contributed by atoms with Crippen molar-refractivity contribution < 1.29 is 9.90 Å². The fraction of sp³-hybridized carbons (Fsp3) is 0.100. The van der Waals surface area contributed by atoms with Gasteiger partial charge in [-0.05, 0) is 24.1 Å². The van der Waals surface area contributed by atoms with Gasteiger partial charge in [0.2, 0.25) is 5.91 Å². The highest BCUT2D eigenvalue weighted by Gasteiger charge is 2.06. The molecule has 0 atom stereocenters. The summed E-state index contributed by atoms with van der Waals surface area (Å²) in [6.07, 6.45) is 0. The Morgan fingerprint density at radius 3 is 2.62 bits per heavy atom. The van der Waals surface area contributed by atoms with E-state index in [0.29, 0.717) is 5.56 Å². The van der Waals surface area contributed by atoms with Crippen molar-refractivity contribution >= 4 is 11.5 Å². The molecule has 0 bridgehead atoms. The van der Waals surface area contributed by atoms with E-state index in [4.69, 9.17) is 5.73 Å². The quantitative estimate of drug-likeness (QED) is 0.666. The number of nitrogens with two attached hydrogens (primary N) is 1. The largest absolute Gasteiger partial charge is 0.508 e. The minimum atomic E-state index is -0.580. The molecule has 0 radical (unpaired) electrons. The number of aromatic hydroxyl groups is 1. The molecule has 68 valence electrons. The number of phenolic OH excluding ortho intramolecular Hbond substituents is 1. The lowest BCUT2D eigenvalue weighted by atomic mass is 10.0. The van der Waals surface area contributed by atoms with E-state index >= 15 is 0 Å². The molecule has 0 fully saturated rings. The van der Waals surface area contributed by atoms with Crippen molar-refractivity contribution in [2.24, 2.45) is 5.73 Å². The van der Waals surface area contributed by atoms with Crippen LogP contribution in [0.4, 0.5) is 0 Å². The first-order valence-electron chi connectivity index (χ1n) is 3.81. The molecule has 0 spiro atoms. The van der Waals surface area contributed by atoms with E-state index in [1.165, 1.54) is 6.07 Å². The lowest BCUT2D eigenvalue weighted by molar-refractivity contribution is -0.112. The van der Waals surface area contributed by atoms with Crippen molar-refractivity contribution in [3.63, 3.8) is 0 Å². The van der Waals surface area contributed by atoms with Gasteiger partial charge in [-0.2, -0.15) is 0 Å². The van der Waals surface area contributed by atoms with E-state index in [2.05, 4.69) is 6.58 Å². The third-order valence-corrected chi connectivity index (χ3v) is 1.86. The Labute approximate surface area is 76.5 Å². The third-order valence-electron chi connectivity index (χ3n) is 1.86. The van der Waals surface area contributed by atoms with E-state index in [1.807, 2.05) is 0 Å². The number of hydrogen-bond acceptors (Lipinski definition) is 2. The SMILES string of the molecule is C=C(C(N)=O)c1ccc(C)c(O)c1. The first-order chi connectivity index (χ1) is 6.02. The van der Waals surface area contributed by atoms with E-state index in [0.717, 1.165) is 5.56 Å². The monoisotopic (exact) mass is 177 g/mol. The summed E-state index contributed by atoms with van der Waals surface area (Å²) < 4.78 is 0. The van der Waals surface area contributed by atoms with E-state index in [9.17, 15) is 9.90 Å². The van der Waals surface area contributed by atoms with Crippen LogP contribution in [0, 0.1) is 6.92 Å². The van der Waals surface area contributed by atoms with Crippen molar-refractivity contribution in [2.45, 2.75) is 6.92 Å². The number of rotatable bonds is 2. The molecule has 3 nitrogen and oxygen atoms in total. The maximum Gasteiger partial charge on any atom is 0.248 e. The molecular weight excluding hydrogens is 166 g/mol. The molecule has 1 amide bonds. The lowest BCUT2D eigenvalue weighted by Crippen LogP contribution is -2.11. The van der Waals surface area contributed by atoms with Crippen molar-refractivity contribution in [1.82, 2.24) is 0 Å². The predicted octanol–water partition coefficient (Wildman–Crippen LogP) is 1.20. The van der Waals surface area contributed by atoms with Gasteiger partial charge in [0.05, 0.1) is 0 Å². The van der Waals surface area contributed by atoms with Crippen LogP contribution >= 0.6 is 0 Å². The van der Waals surface area contributed by atoms with Gasteiger partial charge < -0.3 is 10.8 Å². The fourth-order valence-corrected chi connectivity index (χ4v) is 0.939. The molecule has 0 heterocycles. The Bertz CT molecular complexity index is 369. The topological polar surface area (TPSA) is 63.3 Å². The zero-order chi connectivity index (χ0) is 10.0. The summed E-state index contributed by atoms with van der Waals surface area (Å²) in [5.41, 5.74) is 6.54. The number of hydrogen-bond donors (Lipinski definition) is 2. The Kier molecular flexibility index (Phi) is 2.37. The van der Waals surface area contributed by atoms with E-state index in [1.54, 1.807) is 19.1 Å². The second-order valence-corrected chi connectivity index (χ2v) is 2.84. The van der Waals surface area contributed by atoms with Gasteiger partial charge in [0.15, 0.2) is 0 Å². The summed E-state index contributed by atoms with van der Waals surface area (Å²) >= 11 is 0. The van der Waals surface area contributed by atoms with Gasteiger partial charge in [-0.15, -0.1) is 0 Å². The molecule has 3 N–H and O–H groups in total. The average Bonchev–Trinajstić information content (AvgIpc) is 2.08. The second-order valence-electron chi connectivity index (χ2n) is 2.84. The Morgan fingerprint density at radius 1 is 1.54 bits per heavy atom. The Hall–Kier alpha value is -1.77. The number of carbonyl (C=O) groups excluding carboxylic acids is 1. The number of primary amides is 1. The van der Waals surface area contributed by atoms with Crippen molar-refractivity contribution in [3.05, 3.63) is 35.9 Å². The standard InChI is InChI=1S/C10H11NO2/c1-6-3-4-8(5-9(6)12)7(2)10(11)13/h3-5,12H,2H2,1H3,(H2,11,13). The van der Waals surface area contributed by atoms with Crippen molar-refractivity contribution in [1.29, 1.82) is 0 Å². The molecule has 1 aromatic rings. The fourth-order valence-electron chi connectivity index (χ4n) is 0.939. The maximum absolute atomic E-state index is 10.7.